The molecule has 0 saturated carbocycles. The summed E-state index contributed by atoms with van der Waals surface area (Å²) in [7, 11) is 2.18. The smallest absolute Gasteiger partial charge is 0.255 e. The molecule has 0 aromatic heterocycles. The zero-order valence-electron chi connectivity index (χ0n) is 13.5. The lowest BCUT2D eigenvalue weighted by Crippen LogP contribution is -2.50. The Morgan fingerprint density at radius 1 is 1.14 bits per heavy atom. The minimum atomic E-state index is 0.196. The second kappa shape index (κ2) is 7.02. The average Bonchev–Trinajstić information content (AvgIpc) is 3.05. The van der Waals surface area contributed by atoms with Crippen molar-refractivity contribution in [2.45, 2.75) is 17.4 Å². The second-order valence-corrected chi connectivity index (χ2v) is 7.08. The maximum atomic E-state index is 12.8. The molecular weight excluding hydrogens is 294 g/mol. The molecule has 120 valence electrons. The van der Waals surface area contributed by atoms with E-state index >= 15 is 0 Å². The van der Waals surface area contributed by atoms with Crippen molar-refractivity contribution in [1.29, 1.82) is 0 Å². The van der Waals surface area contributed by atoms with Gasteiger partial charge in [-0.2, -0.15) is 0 Å². The van der Waals surface area contributed by atoms with Crippen LogP contribution in [0.2, 0.25) is 0 Å². The molecule has 1 aromatic carbocycles. The summed E-state index contributed by atoms with van der Waals surface area (Å²) in [5.41, 5.74) is 0.856. The van der Waals surface area contributed by atoms with E-state index in [0.29, 0.717) is 6.04 Å². The number of carbonyl (C=O) groups is 1. The van der Waals surface area contributed by atoms with Crippen molar-refractivity contribution in [3.63, 3.8) is 0 Å². The van der Waals surface area contributed by atoms with Crippen LogP contribution in [0.4, 0.5) is 0 Å². The number of piperazine rings is 1. The molecule has 1 unspecified atom stereocenters. The number of amides is 1. The molecule has 2 fully saturated rings. The van der Waals surface area contributed by atoms with Crippen molar-refractivity contribution in [2.75, 3.05) is 52.6 Å². The van der Waals surface area contributed by atoms with E-state index in [9.17, 15) is 4.79 Å². The lowest BCUT2D eigenvalue weighted by atomic mass is 10.2. The van der Waals surface area contributed by atoms with Gasteiger partial charge in [-0.1, -0.05) is 12.1 Å². The van der Waals surface area contributed by atoms with E-state index in [0.717, 1.165) is 56.1 Å². The molecule has 0 N–H and O–H groups in total. The molecular formula is C17H25N3OS. The fourth-order valence-electron chi connectivity index (χ4n) is 3.40. The van der Waals surface area contributed by atoms with Gasteiger partial charge in [-0.25, -0.2) is 0 Å². The van der Waals surface area contributed by atoms with E-state index in [4.69, 9.17) is 0 Å². The molecule has 2 saturated heterocycles. The Bertz CT molecular complexity index is 528. The Kier molecular flexibility index (Phi) is 5.06. The number of thioether (sulfide) groups is 1. The van der Waals surface area contributed by atoms with Crippen LogP contribution in [-0.2, 0) is 0 Å². The molecule has 0 aliphatic carbocycles. The van der Waals surface area contributed by atoms with Crippen LogP contribution in [0.15, 0.2) is 29.2 Å². The van der Waals surface area contributed by atoms with Gasteiger partial charge < -0.3 is 9.80 Å². The highest BCUT2D eigenvalue weighted by molar-refractivity contribution is 7.98. The first kappa shape index (κ1) is 15.8. The fourth-order valence-corrected chi connectivity index (χ4v) is 3.99. The number of nitrogens with zero attached hydrogens (tertiary/aromatic N) is 3. The predicted molar refractivity (Wildman–Crippen MR) is 91.6 cm³/mol. The Morgan fingerprint density at radius 2 is 1.86 bits per heavy atom. The third-order valence-corrected chi connectivity index (χ3v) is 5.64. The highest BCUT2D eigenvalue weighted by Crippen LogP contribution is 2.24. The first-order valence-electron chi connectivity index (χ1n) is 8.04. The maximum Gasteiger partial charge on any atom is 0.255 e. The van der Waals surface area contributed by atoms with Crippen molar-refractivity contribution in [2.24, 2.45) is 0 Å². The number of likely N-dealkylation sites (N-methyl/N-ethyl adjacent to an activating group) is 1. The summed E-state index contributed by atoms with van der Waals surface area (Å²) >= 11 is 1.65. The predicted octanol–water partition coefficient (Wildman–Crippen LogP) is 1.87. The molecule has 2 aliphatic rings. The number of carbonyl (C=O) groups excluding carboxylic acids is 1. The maximum absolute atomic E-state index is 12.8. The Morgan fingerprint density at radius 3 is 2.59 bits per heavy atom. The van der Waals surface area contributed by atoms with Gasteiger partial charge in [-0.3, -0.25) is 9.69 Å². The topological polar surface area (TPSA) is 26.8 Å². The van der Waals surface area contributed by atoms with Crippen molar-refractivity contribution in [3.8, 4) is 0 Å². The van der Waals surface area contributed by atoms with Gasteiger partial charge in [0.2, 0.25) is 0 Å². The van der Waals surface area contributed by atoms with Crippen molar-refractivity contribution in [1.82, 2.24) is 14.7 Å². The summed E-state index contributed by atoms with van der Waals surface area (Å²) in [4.78, 5) is 20.9. The molecule has 2 heterocycles. The van der Waals surface area contributed by atoms with Crippen LogP contribution < -0.4 is 0 Å². The Labute approximate surface area is 137 Å². The molecule has 2 aliphatic heterocycles. The third-order valence-electron chi connectivity index (χ3n) is 4.84. The number of rotatable bonds is 3. The molecule has 22 heavy (non-hydrogen) atoms. The van der Waals surface area contributed by atoms with Crippen LogP contribution in [0.3, 0.4) is 0 Å². The molecule has 4 nitrogen and oxygen atoms in total. The standard InChI is InChI=1S/C17H25N3OS/c1-18-9-11-19(12-10-18)14-7-8-20(13-14)17(21)15-5-3-4-6-16(15)22-2/h3-6,14H,7-13H2,1-2H3. The lowest BCUT2D eigenvalue weighted by Gasteiger charge is -2.36. The van der Waals surface area contributed by atoms with Crippen LogP contribution in [0, 0.1) is 0 Å². The second-order valence-electron chi connectivity index (χ2n) is 6.23. The number of likely N-dealkylation sites (tertiary alicyclic amines) is 1. The number of benzene rings is 1. The minimum absolute atomic E-state index is 0.196. The molecule has 0 bridgehead atoms. The normalized spacial score (nSPS) is 23.9. The van der Waals surface area contributed by atoms with Gasteiger partial charge >= 0.3 is 0 Å². The van der Waals surface area contributed by atoms with Gasteiger partial charge in [-0.15, -0.1) is 11.8 Å². The number of hydrogen-bond donors (Lipinski definition) is 0. The average molecular weight is 319 g/mol. The Hall–Kier alpha value is -1.04. The van der Waals surface area contributed by atoms with E-state index in [1.54, 1.807) is 11.8 Å². The van der Waals surface area contributed by atoms with Crippen molar-refractivity contribution < 1.29 is 4.79 Å². The van der Waals surface area contributed by atoms with Gasteiger partial charge in [0.25, 0.3) is 5.91 Å². The zero-order valence-corrected chi connectivity index (χ0v) is 14.3. The molecule has 1 amide bonds. The van der Waals surface area contributed by atoms with Crippen LogP contribution >= 0.6 is 11.8 Å². The van der Waals surface area contributed by atoms with Crippen LogP contribution in [-0.4, -0.2) is 79.2 Å². The third kappa shape index (κ3) is 3.31. The molecule has 5 heteroatoms. The molecule has 1 aromatic rings. The summed E-state index contributed by atoms with van der Waals surface area (Å²) in [6, 6.07) is 8.49. The summed E-state index contributed by atoms with van der Waals surface area (Å²) < 4.78 is 0. The monoisotopic (exact) mass is 319 g/mol. The van der Waals surface area contributed by atoms with Gasteiger partial charge in [0.05, 0.1) is 5.56 Å². The summed E-state index contributed by atoms with van der Waals surface area (Å²) in [5.74, 6) is 0.196. The van der Waals surface area contributed by atoms with Gasteiger partial charge in [0.1, 0.15) is 0 Å². The van der Waals surface area contributed by atoms with Gasteiger partial charge in [-0.05, 0) is 31.9 Å². The first-order chi connectivity index (χ1) is 10.7. The van der Waals surface area contributed by atoms with E-state index in [1.807, 2.05) is 35.4 Å². The summed E-state index contributed by atoms with van der Waals surface area (Å²) in [5, 5.41) is 0. The molecule has 1 atom stereocenters. The van der Waals surface area contributed by atoms with Crippen LogP contribution in [0.1, 0.15) is 16.8 Å². The summed E-state index contributed by atoms with van der Waals surface area (Å²) in [6.07, 6.45) is 3.14. The van der Waals surface area contributed by atoms with Crippen LogP contribution in [0.5, 0.6) is 0 Å². The van der Waals surface area contributed by atoms with Gasteiger partial charge in [0.15, 0.2) is 0 Å². The zero-order chi connectivity index (χ0) is 15.5. The van der Waals surface area contributed by atoms with E-state index in [-0.39, 0.29) is 5.91 Å². The van der Waals surface area contributed by atoms with Gasteiger partial charge in [0, 0.05) is 50.2 Å². The first-order valence-corrected chi connectivity index (χ1v) is 9.26. The Balaban J connectivity index is 1.63. The SMILES string of the molecule is CSc1ccccc1C(=O)N1CCC(N2CCN(C)CC2)C1. The van der Waals surface area contributed by atoms with Crippen molar-refractivity contribution in [3.05, 3.63) is 29.8 Å². The number of hydrogen-bond acceptors (Lipinski definition) is 4. The minimum Gasteiger partial charge on any atom is -0.337 e. The largest absolute Gasteiger partial charge is 0.337 e. The lowest BCUT2D eigenvalue weighted by molar-refractivity contribution is 0.0752. The van der Waals surface area contributed by atoms with Crippen LogP contribution in [0.25, 0.3) is 0 Å². The van der Waals surface area contributed by atoms with E-state index < -0.39 is 0 Å². The fraction of sp³-hybridized carbons (Fsp3) is 0.588. The van der Waals surface area contributed by atoms with Crippen molar-refractivity contribution >= 4 is 17.7 Å². The van der Waals surface area contributed by atoms with E-state index in [2.05, 4.69) is 16.8 Å². The quantitative estimate of drug-likeness (QED) is 0.795. The highest BCUT2D eigenvalue weighted by atomic mass is 32.2. The van der Waals surface area contributed by atoms with E-state index in [1.165, 1.54) is 0 Å². The summed E-state index contributed by atoms with van der Waals surface area (Å²) in [6.45, 7) is 6.30. The highest BCUT2D eigenvalue weighted by Gasteiger charge is 2.32. The molecule has 0 radical (unpaired) electrons. The molecule has 3 rings (SSSR count). The molecule has 0 spiro atoms.